The normalized spacial score (nSPS) is 16.7. The lowest BCUT2D eigenvalue weighted by Gasteiger charge is -2.24. The number of hydrogen-bond acceptors (Lipinski definition) is 4. The van der Waals surface area contributed by atoms with Crippen molar-refractivity contribution < 1.29 is 23.4 Å². The summed E-state index contributed by atoms with van der Waals surface area (Å²) in [7, 11) is 0. The highest BCUT2D eigenvalue weighted by Gasteiger charge is 2.37. The maximum atomic E-state index is 13.2. The fourth-order valence-corrected chi connectivity index (χ4v) is 1.60. The molecule has 0 radical (unpaired) electrons. The maximum absolute atomic E-state index is 13.2. The predicted octanol–water partition coefficient (Wildman–Crippen LogP) is 1.09. The van der Waals surface area contributed by atoms with Crippen LogP contribution in [0.2, 0.25) is 0 Å². The van der Waals surface area contributed by atoms with Gasteiger partial charge < -0.3 is 20.3 Å². The quantitative estimate of drug-likeness (QED) is 0.836. The number of hydrogen-bond donors (Lipinski definition) is 2. The van der Waals surface area contributed by atoms with Crippen LogP contribution < -0.4 is 15.2 Å². The predicted molar refractivity (Wildman–Crippen MR) is 56.4 cm³/mol. The molecule has 1 aromatic rings. The third-order valence-corrected chi connectivity index (χ3v) is 2.59. The lowest BCUT2D eigenvalue weighted by molar-refractivity contribution is -0.0712. The zero-order chi connectivity index (χ0) is 12.5. The molecule has 0 unspecified atom stereocenters. The van der Waals surface area contributed by atoms with Crippen molar-refractivity contribution in [1.82, 2.24) is 0 Å². The van der Waals surface area contributed by atoms with Crippen LogP contribution >= 0.6 is 0 Å². The molecule has 1 aromatic carbocycles. The molecule has 0 spiro atoms. The topological polar surface area (TPSA) is 64.7 Å². The van der Waals surface area contributed by atoms with E-state index in [-0.39, 0.29) is 5.56 Å². The molecule has 94 valence electrons. The lowest BCUT2D eigenvalue weighted by atomic mass is 10.0. The van der Waals surface area contributed by atoms with E-state index >= 15 is 0 Å². The molecule has 1 aliphatic rings. The number of nitrogens with two attached hydrogens (primary N) is 1. The van der Waals surface area contributed by atoms with Gasteiger partial charge in [-0.3, -0.25) is 0 Å². The molecular formula is C11H13F2NO3. The van der Waals surface area contributed by atoms with Crippen LogP contribution in [0.5, 0.6) is 11.5 Å². The molecule has 3 N–H and O–H groups in total. The van der Waals surface area contributed by atoms with Crippen LogP contribution in [0.15, 0.2) is 18.2 Å². The van der Waals surface area contributed by atoms with Gasteiger partial charge in [0.15, 0.2) is 11.5 Å². The first kappa shape index (κ1) is 12.1. The van der Waals surface area contributed by atoms with Crippen LogP contribution in [0.25, 0.3) is 0 Å². The number of benzene rings is 1. The summed E-state index contributed by atoms with van der Waals surface area (Å²) < 4.78 is 37.0. The Labute approximate surface area is 96.9 Å². The summed E-state index contributed by atoms with van der Waals surface area (Å²) in [6.45, 7) is -0.476. The monoisotopic (exact) mass is 245 g/mol. The fourth-order valence-electron chi connectivity index (χ4n) is 1.60. The molecule has 4 nitrogen and oxygen atoms in total. The Bertz CT molecular complexity index is 412. The molecule has 17 heavy (non-hydrogen) atoms. The first-order chi connectivity index (χ1) is 8.04. The van der Waals surface area contributed by atoms with Crippen molar-refractivity contribution in [2.24, 2.45) is 5.73 Å². The number of aliphatic hydroxyl groups excluding tert-OH is 1. The highest BCUT2D eigenvalue weighted by atomic mass is 19.3. The summed E-state index contributed by atoms with van der Waals surface area (Å²) in [5.41, 5.74) is 5.61. The number of alkyl halides is 2. The molecular weight excluding hydrogens is 232 g/mol. The summed E-state index contributed by atoms with van der Waals surface area (Å²) in [4.78, 5) is 0. The summed E-state index contributed by atoms with van der Waals surface area (Å²) in [5, 5.41) is 8.58. The SMILES string of the molecule is N[C@@H](c1ccc2c(c1)OCCO2)C(F)(F)CO. The maximum Gasteiger partial charge on any atom is 0.289 e. The molecule has 2 rings (SSSR count). The largest absolute Gasteiger partial charge is 0.486 e. The molecule has 0 aliphatic carbocycles. The van der Waals surface area contributed by atoms with Gasteiger partial charge in [-0.1, -0.05) is 6.07 Å². The fraction of sp³-hybridized carbons (Fsp3) is 0.455. The Kier molecular flexibility index (Phi) is 3.17. The first-order valence-corrected chi connectivity index (χ1v) is 5.18. The van der Waals surface area contributed by atoms with Gasteiger partial charge in [0.1, 0.15) is 19.8 Å². The van der Waals surface area contributed by atoms with E-state index in [9.17, 15) is 8.78 Å². The van der Waals surface area contributed by atoms with Crippen LogP contribution in [0.1, 0.15) is 11.6 Å². The number of halogens is 2. The number of rotatable bonds is 3. The van der Waals surface area contributed by atoms with Crippen molar-refractivity contribution in [3.63, 3.8) is 0 Å². The summed E-state index contributed by atoms with van der Waals surface area (Å²) in [6.07, 6.45) is 0. The van der Waals surface area contributed by atoms with Crippen LogP contribution in [0.3, 0.4) is 0 Å². The number of aliphatic hydroxyl groups is 1. The highest BCUT2D eigenvalue weighted by Crippen LogP contribution is 2.36. The second kappa shape index (κ2) is 4.46. The van der Waals surface area contributed by atoms with Crippen molar-refractivity contribution in [2.45, 2.75) is 12.0 Å². The molecule has 0 saturated heterocycles. The zero-order valence-corrected chi connectivity index (χ0v) is 9.03. The van der Waals surface area contributed by atoms with Gasteiger partial charge in [-0.2, -0.15) is 0 Å². The van der Waals surface area contributed by atoms with Gasteiger partial charge in [0, 0.05) is 0 Å². The second-order valence-electron chi connectivity index (χ2n) is 3.80. The minimum absolute atomic E-state index is 0.202. The Morgan fingerprint density at radius 2 is 1.94 bits per heavy atom. The second-order valence-corrected chi connectivity index (χ2v) is 3.80. The van der Waals surface area contributed by atoms with E-state index in [4.69, 9.17) is 20.3 Å². The lowest BCUT2D eigenvalue weighted by Crippen LogP contribution is -2.36. The van der Waals surface area contributed by atoms with E-state index in [0.717, 1.165) is 0 Å². The molecule has 0 fully saturated rings. The van der Waals surface area contributed by atoms with Gasteiger partial charge in [0.2, 0.25) is 0 Å². The van der Waals surface area contributed by atoms with E-state index in [1.54, 1.807) is 0 Å². The van der Waals surface area contributed by atoms with E-state index in [1.165, 1.54) is 18.2 Å². The molecule has 0 bridgehead atoms. The van der Waals surface area contributed by atoms with Gasteiger partial charge in [0.25, 0.3) is 5.92 Å². The van der Waals surface area contributed by atoms with Gasteiger partial charge in [-0.05, 0) is 17.7 Å². The van der Waals surface area contributed by atoms with E-state index < -0.39 is 18.6 Å². The van der Waals surface area contributed by atoms with E-state index in [2.05, 4.69) is 0 Å². The van der Waals surface area contributed by atoms with Crippen LogP contribution in [-0.4, -0.2) is 30.8 Å². The third kappa shape index (κ3) is 2.32. The number of fused-ring (bicyclic) bond motifs is 1. The average Bonchev–Trinajstić information content (AvgIpc) is 2.37. The van der Waals surface area contributed by atoms with Crippen LogP contribution in [0.4, 0.5) is 8.78 Å². The first-order valence-electron chi connectivity index (χ1n) is 5.18. The Balaban J connectivity index is 2.28. The van der Waals surface area contributed by atoms with Crippen molar-refractivity contribution in [1.29, 1.82) is 0 Å². The molecule has 6 heteroatoms. The van der Waals surface area contributed by atoms with Gasteiger partial charge in [-0.25, -0.2) is 8.78 Å². The van der Waals surface area contributed by atoms with Crippen LogP contribution in [-0.2, 0) is 0 Å². The highest BCUT2D eigenvalue weighted by molar-refractivity contribution is 5.45. The third-order valence-electron chi connectivity index (χ3n) is 2.59. The molecule has 0 saturated carbocycles. The van der Waals surface area contributed by atoms with Gasteiger partial charge >= 0.3 is 0 Å². The Morgan fingerprint density at radius 1 is 1.29 bits per heavy atom. The minimum atomic E-state index is -3.36. The standard InChI is InChI=1S/C11H13F2NO3/c12-11(13,6-15)10(14)7-1-2-8-9(5-7)17-4-3-16-8/h1-2,5,10,15H,3-4,6,14H2/t10-/m0/s1. The zero-order valence-electron chi connectivity index (χ0n) is 9.03. The minimum Gasteiger partial charge on any atom is -0.486 e. The van der Waals surface area contributed by atoms with Gasteiger partial charge in [0.05, 0.1) is 6.04 Å². The van der Waals surface area contributed by atoms with E-state index in [1.807, 2.05) is 0 Å². The summed E-state index contributed by atoms with van der Waals surface area (Å²) in [5.74, 6) is -2.44. The van der Waals surface area contributed by atoms with Crippen molar-refractivity contribution >= 4 is 0 Å². The Morgan fingerprint density at radius 3 is 2.59 bits per heavy atom. The van der Waals surface area contributed by atoms with Crippen molar-refractivity contribution in [3.8, 4) is 11.5 Å². The smallest absolute Gasteiger partial charge is 0.289 e. The summed E-state index contributed by atoms with van der Waals surface area (Å²) in [6, 6.07) is 2.84. The number of ether oxygens (including phenoxy) is 2. The van der Waals surface area contributed by atoms with Gasteiger partial charge in [-0.15, -0.1) is 0 Å². The average molecular weight is 245 g/mol. The molecule has 0 aromatic heterocycles. The molecule has 1 heterocycles. The van der Waals surface area contributed by atoms with E-state index in [0.29, 0.717) is 24.7 Å². The molecule has 1 atom stereocenters. The Hall–Kier alpha value is -1.40. The summed E-state index contributed by atoms with van der Waals surface area (Å²) >= 11 is 0. The molecule has 0 amide bonds. The van der Waals surface area contributed by atoms with Crippen molar-refractivity contribution in [2.75, 3.05) is 19.8 Å². The molecule has 1 aliphatic heterocycles. The van der Waals surface area contributed by atoms with Crippen LogP contribution in [0, 0.1) is 0 Å². The van der Waals surface area contributed by atoms with Crippen molar-refractivity contribution in [3.05, 3.63) is 23.8 Å².